The normalized spacial score (nSPS) is 18.3. The molecule has 0 bridgehead atoms. The zero-order chi connectivity index (χ0) is 17.1. The van der Waals surface area contributed by atoms with Crippen molar-refractivity contribution in [2.45, 2.75) is 39.6 Å². The molecule has 0 aromatic heterocycles. The number of hydrogen-bond donors (Lipinski definition) is 0. The Balaban J connectivity index is 5.44. The molecule has 0 aliphatic rings. The SMILES string of the molecule is [2H]C([2H])([2H])C(COC(=O)CC(C)=O)(OC(C)=O)C([2H])([2H])[2H]. The number of hydrogen-bond acceptors (Lipinski definition) is 5. The predicted octanol–water partition coefficient (Wildman–Crippen LogP) is 0.850. The van der Waals surface area contributed by atoms with Crippen molar-refractivity contribution in [3.63, 3.8) is 0 Å². The zero-order valence-electron chi connectivity index (χ0n) is 14.5. The van der Waals surface area contributed by atoms with E-state index in [0.29, 0.717) is 0 Å². The fourth-order valence-corrected chi connectivity index (χ4v) is 0.711. The van der Waals surface area contributed by atoms with E-state index in [4.69, 9.17) is 8.22 Å². The van der Waals surface area contributed by atoms with Crippen molar-refractivity contribution in [2.75, 3.05) is 6.61 Å². The van der Waals surface area contributed by atoms with Crippen LogP contribution in [0.1, 0.15) is 42.2 Å². The number of ether oxygens (including phenoxy) is 2. The third-order valence-electron chi connectivity index (χ3n) is 1.15. The van der Waals surface area contributed by atoms with Gasteiger partial charge < -0.3 is 9.47 Å². The molecule has 0 aliphatic heterocycles. The van der Waals surface area contributed by atoms with Gasteiger partial charge in [-0.2, -0.15) is 0 Å². The van der Waals surface area contributed by atoms with Crippen LogP contribution in [0.2, 0.25) is 0 Å². The van der Waals surface area contributed by atoms with Crippen molar-refractivity contribution < 1.29 is 32.1 Å². The average molecular weight is 222 g/mol. The highest BCUT2D eigenvalue weighted by Gasteiger charge is 2.23. The number of carbonyl (C=O) groups is 3. The second kappa shape index (κ2) is 5.48. The van der Waals surface area contributed by atoms with Gasteiger partial charge in [-0.3, -0.25) is 14.4 Å². The van der Waals surface area contributed by atoms with Crippen LogP contribution in [0, 0.1) is 0 Å². The molecule has 5 heteroatoms. The Morgan fingerprint density at radius 1 is 1.27 bits per heavy atom. The standard InChI is InChI=1S/C10H16O5/c1-7(11)5-9(13)14-6-10(3,4)15-8(2)12/h5-6H2,1-4H3/i3D3,4D3. The highest BCUT2D eigenvalue weighted by molar-refractivity contribution is 5.94. The van der Waals surface area contributed by atoms with Gasteiger partial charge in [-0.05, 0) is 20.6 Å². The first kappa shape index (κ1) is 6.25. The van der Waals surface area contributed by atoms with Crippen LogP contribution in [0.4, 0.5) is 0 Å². The summed E-state index contributed by atoms with van der Waals surface area (Å²) in [4.78, 5) is 33.1. The van der Waals surface area contributed by atoms with E-state index >= 15 is 0 Å². The van der Waals surface area contributed by atoms with Crippen LogP contribution in [-0.4, -0.2) is 29.9 Å². The Labute approximate surface area is 97.2 Å². The lowest BCUT2D eigenvalue weighted by Gasteiger charge is -2.23. The van der Waals surface area contributed by atoms with Crippen LogP contribution < -0.4 is 0 Å². The van der Waals surface area contributed by atoms with E-state index in [1.807, 2.05) is 0 Å². The van der Waals surface area contributed by atoms with Gasteiger partial charge in [-0.1, -0.05) is 0 Å². The van der Waals surface area contributed by atoms with Crippen molar-refractivity contribution in [3.05, 3.63) is 0 Å². The van der Waals surface area contributed by atoms with Crippen LogP contribution in [0.15, 0.2) is 0 Å². The van der Waals surface area contributed by atoms with Gasteiger partial charge in [0.2, 0.25) is 0 Å². The lowest BCUT2D eigenvalue weighted by Crippen LogP contribution is -2.33. The molecule has 5 nitrogen and oxygen atoms in total. The first-order valence-electron chi connectivity index (χ1n) is 7.07. The molecule has 0 N–H and O–H groups in total. The molecule has 0 spiro atoms. The molecule has 86 valence electrons. The molecule has 0 heterocycles. The molecule has 0 aromatic rings. The molecule has 0 amide bonds. The molecule has 0 radical (unpaired) electrons. The largest absolute Gasteiger partial charge is 0.461 e. The summed E-state index contributed by atoms with van der Waals surface area (Å²) in [5, 5.41) is 0. The number of ketones is 1. The molecule has 0 saturated heterocycles. The Kier molecular flexibility index (Phi) is 2.28. The van der Waals surface area contributed by atoms with Crippen molar-refractivity contribution in [2.24, 2.45) is 0 Å². The Bertz CT molecular complexity index is 411. The second-order valence-electron chi connectivity index (χ2n) is 2.96. The van der Waals surface area contributed by atoms with Gasteiger partial charge in [0.15, 0.2) is 0 Å². The monoisotopic (exact) mass is 222 g/mol. The minimum Gasteiger partial charge on any atom is -0.461 e. The minimum absolute atomic E-state index is 0.541. The Morgan fingerprint density at radius 3 is 2.27 bits per heavy atom. The third-order valence-corrected chi connectivity index (χ3v) is 1.15. The summed E-state index contributed by atoms with van der Waals surface area (Å²) in [7, 11) is 0. The highest BCUT2D eigenvalue weighted by Crippen LogP contribution is 2.10. The summed E-state index contributed by atoms with van der Waals surface area (Å²) >= 11 is 0. The van der Waals surface area contributed by atoms with Crippen molar-refractivity contribution in [3.8, 4) is 0 Å². The van der Waals surface area contributed by atoms with Gasteiger partial charge in [-0.25, -0.2) is 0 Å². The zero-order valence-corrected chi connectivity index (χ0v) is 8.46. The Morgan fingerprint density at radius 2 is 1.87 bits per heavy atom. The van der Waals surface area contributed by atoms with Crippen LogP contribution in [0.3, 0.4) is 0 Å². The minimum atomic E-state index is -3.26. The van der Waals surface area contributed by atoms with Crippen LogP contribution in [0.5, 0.6) is 0 Å². The second-order valence-corrected chi connectivity index (χ2v) is 2.96. The maximum Gasteiger partial charge on any atom is 0.313 e. The van der Waals surface area contributed by atoms with Gasteiger partial charge in [0, 0.05) is 15.1 Å². The Hall–Kier alpha value is -1.39. The fourth-order valence-electron chi connectivity index (χ4n) is 0.711. The number of rotatable bonds is 5. The van der Waals surface area contributed by atoms with Gasteiger partial charge >= 0.3 is 11.9 Å². The van der Waals surface area contributed by atoms with Gasteiger partial charge in [0.25, 0.3) is 0 Å². The maximum atomic E-state index is 11.3. The summed E-state index contributed by atoms with van der Waals surface area (Å²) < 4.78 is 52.9. The van der Waals surface area contributed by atoms with E-state index in [2.05, 4.69) is 9.47 Å². The lowest BCUT2D eigenvalue weighted by molar-refractivity contribution is -0.167. The molecule has 0 rings (SSSR count). The summed E-state index contributed by atoms with van der Waals surface area (Å²) in [6, 6.07) is 0. The third kappa shape index (κ3) is 7.66. The molecule has 0 atom stereocenters. The van der Waals surface area contributed by atoms with E-state index in [0.717, 1.165) is 13.8 Å². The van der Waals surface area contributed by atoms with E-state index < -0.39 is 50.1 Å². The van der Waals surface area contributed by atoms with Crippen LogP contribution >= 0.6 is 0 Å². The topological polar surface area (TPSA) is 69.7 Å². The van der Waals surface area contributed by atoms with E-state index in [1.54, 1.807) is 0 Å². The van der Waals surface area contributed by atoms with Crippen LogP contribution in [-0.2, 0) is 23.9 Å². The van der Waals surface area contributed by atoms with Gasteiger partial charge in [0.05, 0.1) is 0 Å². The predicted molar refractivity (Wildman–Crippen MR) is 52.1 cm³/mol. The quantitative estimate of drug-likeness (QED) is 0.509. The summed E-state index contributed by atoms with van der Waals surface area (Å²) in [5.41, 5.74) is -2.99. The maximum absolute atomic E-state index is 11.3. The smallest absolute Gasteiger partial charge is 0.313 e. The summed E-state index contributed by atoms with van der Waals surface area (Å²) in [6.07, 6.45) is -0.641. The molecule has 0 aromatic carbocycles. The molecular formula is C10H16O5. The average Bonchev–Trinajstić information content (AvgIpc) is 2.18. The number of esters is 2. The molecule has 0 saturated carbocycles. The van der Waals surface area contributed by atoms with E-state index in [1.165, 1.54) is 0 Å². The molecule has 0 unspecified atom stereocenters. The molecular weight excluding hydrogens is 200 g/mol. The number of carbonyl (C=O) groups excluding carboxylic acids is 3. The number of Topliss-reactive ketones (excluding diaryl/α,β-unsaturated/α-hetero) is 1. The van der Waals surface area contributed by atoms with Crippen molar-refractivity contribution in [1.29, 1.82) is 0 Å². The van der Waals surface area contributed by atoms with E-state index in [9.17, 15) is 14.4 Å². The van der Waals surface area contributed by atoms with Gasteiger partial charge in [0.1, 0.15) is 24.4 Å². The highest BCUT2D eigenvalue weighted by atomic mass is 16.6. The first-order valence-corrected chi connectivity index (χ1v) is 4.07. The van der Waals surface area contributed by atoms with E-state index in [-0.39, 0.29) is 0 Å². The summed E-state index contributed by atoms with van der Waals surface area (Å²) in [5.74, 6) is -2.79. The van der Waals surface area contributed by atoms with Crippen molar-refractivity contribution in [1.82, 2.24) is 0 Å². The fraction of sp³-hybridized carbons (Fsp3) is 0.700. The van der Waals surface area contributed by atoms with Crippen molar-refractivity contribution >= 4 is 17.7 Å². The van der Waals surface area contributed by atoms with Crippen LogP contribution in [0.25, 0.3) is 0 Å². The van der Waals surface area contributed by atoms with Gasteiger partial charge in [-0.15, -0.1) is 0 Å². The molecule has 0 aliphatic carbocycles. The first-order chi connectivity index (χ1) is 9.23. The lowest BCUT2D eigenvalue weighted by atomic mass is 10.1. The molecule has 0 fully saturated rings. The molecule has 15 heavy (non-hydrogen) atoms. The summed E-state index contributed by atoms with van der Waals surface area (Å²) in [6.45, 7) is -5.79.